The zero-order valence-electron chi connectivity index (χ0n) is 20.7. The predicted octanol–water partition coefficient (Wildman–Crippen LogP) is 1.79. The molecule has 0 fully saturated rings. The van der Waals surface area contributed by atoms with Crippen molar-refractivity contribution in [3.05, 3.63) is 52.4 Å². The van der Waals surface area contributed by atoms with Crippen molar-refractivity contribution < 1.29 is 38.1 Å². The maximum Gasteiger partial charge on any atom is 0.337 e. The van der Waals surface area contributed by atoms with Crippen LogP contribution in [0.1, 0.15) is 33.3 Å². The lowest BCUT2D eigenvalue weighted by molar-refractivity contribution is -0.154. The summed E-state index contributed by atoms with van der Waals surface area (Å²) in [5, 5.41) is 5.60. The van der Waals surface area contributed by atoms with E-state index in [1.54, 1.807) is 34.8 Å². The van der Waals surface area contributed by atoms with E-state index in [1.165, 1.54) is 0 Å². The Balaban J connectivity index is 2.07. The van der Waals surface area contributed by atoms with Gasteiger partial charge in [-0.3, -0.25) is 9.59 Å². The molecule has 1 amide bonds. The summed E-state index contributed by atoms with van der Waals surface area (Å²) in [6.45, 7) is 6.33. The van der Waals surface area contributed by atoms with E-state index in [2.05, 4.69) is 10.6 Å². The van der Waals surface area contributed by atoms with Crippen LogP contribution in [0.25, 0.3) is 0 Å². The molecule has 2 N–H and O–H groups in total. The van der Waals surface area contributed by atoms with Gasteiger partial charge in [-0.15, -0.1) is 0 Å². The number of nitrogens with one attached hydrogen (secondary N) is 2. The van der Waals surface area contributed by atoms with Gasteiger partial charge in [0.1, 0.15) is 11.7 Å². The molecule has 2 rings (SSSR count). The summed E-state index contributed by atoms with van der Waals surface area (Å²) in [6.07, 6.45) is 0.571. The van der Waals surface area contributed by atoms with Gasteiger partial charge in [-0.1, -0.05) is 12.1 Å². The summed E-state index contributed by atoms with van der Waals surface area (Å²) in [6, 6.07) is 7.43. The number of hydrogen-bond donors (Lipinski definition) is 2. The minimum Gasteiger partial charge on any atom is -0.497 e. The zero-order valence-corrected chi connectivity index (χ0v) is 20.7. The van der Waals surface area contributed by atoms with Gasteiger partial charge >= 0.3 is 17.9 Å². The molecule has 10 heteroatoms. The van der Waals surface area contributed by atoms with Gasteiger partial charge in [0.25, 0.3) is 5.91 Å². The van der Waals surface area contributed by atoms with Crippen molar-refractivity contribution in [1.82, 2.24) is 10.6 Å². The third-order valence-corrected chi connectivity index (χ3v) is 5.23. The Labute approximate surface area is 204 Å². The lowest BCUT2D eigenvalue weighted by Gasteiger charge is -2.28. The summed E-state index contributed by atoms with van der Waals surface area (Å²) in [7, 11) is 1.58. The number of amides is 1. The second-order valence-electron chi connectivity index (χ2n) is 7.63. The molecular formula is C25H32N2O8. The van der Waals surface area contributed by atoms with Gasteiger partial charge < -0.3 is 29.6 Å². The van der Waals surface area contributed by atoms with E-state index >= 15 is 0 Å². The molecule has 1 heterocycles. The zero-order chi connectivity index (χ0) is 26.0. The summed E-state index contributed by atoms with van der Waals surface area (Å²) in [5.41, 5.74) is 1.56. The van der Waals surface area contributed by atoms with Crippen LogP contribution in [-0.4, -0.2) is 57.3 Å². The molecule has 0 unspecified atom stereocenters. The second kappa shape index (κ2) is 13.2. The Bertz CT molecular complexity index is 971. The molecule has 0 aromatic heterocycles. The third kappa shape index (κ3) is 7.33. The largest absolute Gasteiger partial charge is 0.497 e. The third-order valence-electron chi connectivity index (χ3n) is 5.23. The van der Waals surface area contributed by atoms with Gasteiger partial charge in [0.15, 0.2) is 6.61 Å². The molecule has 0 spiro atoms. The van der Waals surface area contributed by atoms with E-state index in [9.17, 15) is 19.2 Å². The molecule has 1 aromatic rings. The van der Waals surface area contributed by atoms with Crippen LogP contribution >= 0.6 is 0 Å². The van der Waals surface area contributed by atoms with Crippen LogP contribution in [0.2, 0.25) is 0 Å². The van der Waals surface area contributed by atoms with Gasteiger partial charge in [0.2, 0.25) is 0 Å². The fourth-order valence-corrected chi connectivity index (χ4v) is 3.60. The molecule has 0 saturated carbocycles. The molecule has 0 atom stereocenters. The van der Waals surface area contributed by atoms with Gasteiger partial charge in [0.05, 0.1) is 31.5 Å². The Morgan fingerprint density at radius 2 is 1.43 bits per heavy atom. The number of methoxy groups -OCH3 is 1. The molecule has 1 aromatic carbocycles. The average Bonchev–Trinajstić information content (AvgIpc) is 2.82. The summed E-state index contributed by atoms with van der Waals surface area (Å²) < 4.78 is 20.5. The monoisotopic (exact) mass is 488 g/mol. The number of carbonyl (C=O) groups is 4. The first kappa shape index (κ1) is 27.4. The lowest BCUT2D eigenvalue weighted by atomic mass is 9.85. The minimum absolute atomic E-state index is 0.0644. The number of ether oxygens (including phenoxy) is 4. The predicted molar refractivity (Wildman–Crippen MR) is 126 cm³/mol. The van der Waals surface area contributed by atoms with Crippen molar-refractivity contribution in [3.8, 4) is 5.75 Å². The van der Waals surface area contributed by atoms with E-state index in [0.717, 1.165) is 11.3 Å². The van der Waals surface area contributed by atoms with Crippen LogP contribution in [-0.2, 0) is 39.8 Å². The maximum atomic E-state index is 13.1. The number of rotatable bonds is 11. The first-order valence-electron chi connectivity index (χ1n) is 11.3. The average molecular weight is 489 g/mol. The lowest BCUT2D eigenvalue weighted by Crippen LogP contribution is -2.39. The highest BCUT2D eigenvalue weighted by Crippen LogP contribution is 2.32. The quantitative estimate of drug-likeness (QED) is 0.354. The molecular weight excluding hydrogens is 456 g/mol. The Morgan fingerprint density at radius 1 is 0.886 bits per heavy atom. The molecule has 10 nitrogen and oxygen atoms in total. The Morgan fingerprint density at radius 3 is 1.91 bits per heavy atom. The number of benzene rings is 1. The number of hydrogen-bond acceptors (Lipinski definition) is 9. The molecule has 35 heavy (non-hydrogen) atoms. The van der Waals surface area contributed by atoms with Crippen LogP contribution in [0.3, 0.4) is 0 Å². The number of dihydropyridines is 1. The van der Waals surface area contributed by atoms with E-state index in [0.29, 0.717) is 24.4 Å². The SMILES string of the molecule is CCOC(=O)C1=C(C)NC(C)=C(C(=O)OCC)C1C(=O)OCC(=O)NCCc1ccc(OC)cc1. The fourth-order valence-electron chi connectivity index (χ4n) is 3.60. The summed E-state index contributed by atoms with van der Waals surface area (Å²) >= 11 is 0. The van der Waals surface area contributed by atoms with Crippen LogP contribution in [0.4, 0.5) is 0 Å². The fraction of sp³-hybridized carbons (Fsp3) is 0.440. The second-order valence-corrected chi connectivity index (χ2v) is 7.63. The molecule has 0 saturated heterocycles. The molecule has 1 aliphatic heterocycles. The van der Waals surface area contributed by atoms with E-state index in [1.807, 2.05) is 24.3 Å². The standard InChI is InChI=1S/C25H32N2O8/c1-6-33-23(29)20-15(3)27-16(4)21(24(30)34-7-2)22(20)25(31)35-14-19(28)26-13-12-17-8-10-18(32-5)11-9-17/h8-11,22,27H,6-7,12-14H2,1-5H3,(H,26,28). The van der Waals surface area contributed by atoms with Crippen LogP contribution in [0, 0.1) is 5.92 Å². The van der Waals surface area contributed by atoms with Crippen LogP contribution in [0.15, 0.2) is 46.8 Å². The molecule has 0 aliphatic carbocycles. The molecule has 1 aliphatic rings. The van der Waals surface area contributed by atoms with E-state index < -0.39 is 36.3 Å². The van der Waals surface area contributed by atoms with Gasteiger partial charge in [-0.05, 0) is 51.8 Å². The van der Waals surface area contributed by atoms with Crippen LogP contribution in [0.5, 0.6) is 5.75 Å². The van der Waals surface area contributed by atoms with Crippen molar-refractivity contribution in [2.45, 2.75) is 34.1 Å². The number of allylic oxidation sites excluding steroid dienone is 2. The molecule has 0 bridgehead atoms. The van der Waals surface area contributed by atoms with Crippen molar-refractivity contribution in [2.75, 3.05) is 33.5 Å². The van der Waals surface area contributed by atoms with Gasteiger partial charge in [0, 0.05) is 17.9 Å². The van der Waals surface area contributed by atoms with E-state index in [-0.39, 0.29) is 24.4 Å². The molecule has 190 valence electrons. The first-order chi connectivity index (χ1) is 16.7. The van der Waals surface area contributed by atoms with Crippen molar-refractivity contribution in [2.24, 2.45) is 5.92 Å². The highest BCUT2D eigenvalue weighted by Gasteiger charge is 2.42. The Hall–Kier alpha value is -3.82. The highest BCUT2D eigenvalue weighted by molar-refractivity contribution is 6.05. The summed E-state index contributed by atoms with van der Waals surface area (Å²) in [4.78, 5) is 50.6. The normalized spacial score (nSPS) is 13.6. The number of carbonyl (C=O) groups excluding carboxylic acids is 4. The van der Waals surface area contributed by atoms with Crippen molar-refractivity contribution >= 4 is 23.8 Å². The van der Waals surface area contributed by atoms with Crippen molar-refractivity contribution in [1.29, 1.82) is 0 Å². The van der Waals surface area contributed by atoms with E-state index in [4.69, 9.17) is 18.9 Å². The van der Waals surface area contributed by atoms with Gasteiger partial charge in [-0.25, -0.2) is 9.59 Å². The number of esters is 3. The smallest absolute Gasteiger partial charge is 0.337 e. The Kier molecular flexibility index (Phi) is 10.3. The first-order valence-corrected chi connectivity index (χ1v) is 11.3. The topological polar surface area (TPSA) is 129 Å². The maximum absolute atomic E-state index is 13.1. The minimum atomic E-state index is -1.39. The van der Waals surface area contributed by atoms with Crippen molar-refractivity contribution in [3.63, 3.8) is 0 Å². The summed E-state index contributed by atoms with van der Waals surface area (Å²) in [5.74, 6) is -3.63. The highest BCUT2D eigenvalue weighted by atomic mass is 16.5. The van der Waals surface area contributed by atoms with Gasteiger partial charge in [-0.2, -0.15) is 0 Å². The van der Waals surface area contributed by atoms with Crippen LogP contribution < -0.4 is 15.4 Å². The molecule has 0 radical (unpaired) electrons.